The molecule has 2 heterocycles. The van der Waals surface area contributed by atoms with Gasteiger partial charge in [0.2, 0.25) is 11.7 Å². The van der Waals surface area contributed by atoms with Crippen LogP contribution in [0, 0.1) is 0 Å². The van der Waals surface area contributed by atoms with Gasteiger partial charge in [-0.15, -0.1) is 10.2 Å². The van der Waals surface area contributed by atoms with E-state index in [9.17, 15) is 4.79 Å². The van der Waals surface area contributed by atoms with Crippen molar-refractivity contribution in [2.24, 2.45) is 0 Å². The van der Waals surface area contributed by atoms with Crippen LogP contribution in [0.3, 0.4) is 0 Å². The van der Waals surface area contributed by atoms with E-state index in [1.165, 1.54) is 5.56 Å². The Bertz CT molecular complexity index is 1160. The predicted octanol–water partition coefficient (Wildman–Crippen LogP) is 4.77. The van der Waals surface area contributed by atoms with Gasteiger partial charge in [0.15, 0.2) is 10.9 Å². The number of benzene rings is 2. The van der Waals surface area contributed by atoms with Gasteiger partial charge in [-0.3, -0.25) is 9.36 Å². The number of aromatic nitrogens is 3. The van der Waals surface area contributed by atoms with E-state index in [2.05, 4.69) is 27.6 Å². The molecule has 8 heteroatoms. The molecule has 1 N–H and O–H groups in total. The van der Waals surface area contributed by atoms with Crippen LogP contribution in [0.1, 0.15) is 18.4 Å². The first kappa shape index (κ1) is 22.7. The first-order chi connectivity index (χ1) is 16.3. The molecule has 7 nitrogen and oxygen atoms in total. The highest BCUT2D eigenvalue weighted by molar-refractivity contribution is 7.99. The summed E-state index contributed by atoms with van der Waals surface area (Å²) >= 11 is 1.55. The van der Waals surface area contributed by atoms with Crippen molar-refractivity contribution >= 4 is 17.7 Å². The molecule has 0 spiro atoms. The number of furan rings is 1. The molecule has 0 aliphatic carbocycles. The molecule has 0 atom stereocenters. The molecule has 1 amide bonds. The molecule has 170 valence electrons. The standard InChI is InChI=1S/C25H26N4O3S/c1-31-21-12-6-5-11-20(21)29-24(22-13-7-17-32-22)27-28-25(29)33-18-8-14-23(30)26-16-15-19-9-3-2-4-10-19/h2-7,9-13,17H,8,14-16,18H2,1H3,(H,26,30). The van der Waals surface area contributed by atoms with E-state index in [4.69, 9.17) is 9.15 Å². The van der Waals surface area contributed by atoms with Gasteiger partial charge in [-0.05, 0) is 42.7 Å². The lowest BCUT2D eigenvalue weighted by Crippen LogP contribution is -2.25. The lowest BCUT2D eigenvalue weighted by molar-refractivity contribution is -0.121. The summed E-state index contributed by atoms with van der Waals surface area (Å²) in [6.07, 6.45) is 3.64. The third-order valence-corrected chi connectivity index (χ3v) is 6.07. The number of amides is 1. The van der Waals surface area contributed by atoms with Gasteiger partial charge in [0.25, 0.3) is 0 Å². The molecule has 0 radical (unpaired) electrons. The number of ether oxygens (including phenoxy) is 1. The zero-order valence-electron chi connectivity index (χ0n) is 18.4. The van der Waals surface area contributed by atoms with E-state index in [0.717, 1.165) is 29.4 Å². The van der Waals surface area contributed by atoms with Crippen LogP contribution in [0.25, 0.3) is 17.3 Å². The number of rotatable bonds is 11. The molecule has 0 bridgehead atoms. The summed E-state index contributed by atoms with van der Waals surface area (Å²) in [5.74, 6) is 2.74. The van der Waals surface area contributed by atoms with E-state index < -0.39 is 0 Å². The normalized spacial score (nSPS) is 10.8. The highest BCUT2D eigenvalue weighted by atomic mass is 32.2. The van der Waals surface area contributed by atoms with Crippen molar-refractivity contribution in [3.05, 3.63) is 78.6 Å². The number of methoxy groups -OCH3 is 1. The minimum atomic E-state index is 0.0639. The molecule has 0 saturated carbocycles. The fourth-order valence-corrected chi connectivity index (χ4v) is 4.32. The van der Waals surface area contributed by atoms with Crippen LogP contribution in [-0.2, 0) is 11.2 Å². The molecule has 4 rings (SSSR count). The van der Waals surface area contributed by atoms with Crippen molar-refractivity contribution in [3.63, 3.8) is 0 Å². The first-order valence-corrected chi connectivity index (χ1v) is 11.8. The van der Waals surface area contributed by atoms with Crippen LogP contribution in [0.4, 0.5) is 0 Å². The topological polar surface area (TPSA) is 82.2 Å². The van der Waals surface area contributed by atoms with E-state index in [0.29, 0.717) is 30.3 Å². The average Bonchev–Trinajstić information content (AvgIpc) is 3.52. The number of thioether (sulfide) groups is 1. The van der Waals surface area contributed by atoms with Crippen LogP contribution in [0.2, 0.25) is 0 Å². The van der Waals surface area contributed by atoms with E-state index >= 15 is 0 Å². The highest BCUT2D eigenvalue weighted by Gasteiger charge is 2.20. The molecule has 0 fully saturated rings. The van der Waals surface area contributed by atoms with Crippen molar-refractivity contribution < 1.29 is 13.9 Å². The zero-order chi connectivity index (χ0) is 22.9. The lowest BCUT2D eigenvalue weighted by atomic mass is 10.1. The van der Waals surface area contributed by atoms with E-state index in [1.807, 2.05) is 59.2 Å². The van der Waals surface area contributed by atoms with Crippen LogP contribution in [-0.4, -0.2) is 40.1 Å². The summed E-state index contributed by atoms with van der Waals surface area (Å²) in [5, 5.41) is 12.5. The Balaban J connectivity index is 1.36. The summed E-state index contributed by atoms with van der Waals surface area (Å²) in [6.45, 7) is 0.643. The summed E-state index contributed by atoms with van der Waals surface area (Å²) in [6, 6.07) is 21.5. The number of nitrogens with zero attached hydrogens (tertiary/aromatic N) is 3. The second kappa shape index (κ2) is 11.4. The fraction of sp³-hybridized carbons (Fsp3) is 0.240. The maximum atomic E-state index is 12.2. The Labute approximate surface area is 197 Å². The Kier molecular flexibility index (Phi) is 7.81. The molecular weight excluding hydrogens is 436 g/mol. The third-order valence-electron chi connectivity index (χ3n) is 5.06. The first-order valence-electron chi connectivity index (χ1n) is 10.8. The van der Waals surface area contributed by atoms with Crippen molar-refractivity contribution in [1.29, 1.82) is 0 Å². The molecular formula is C25H26N4O3S. The van der Waals surface area contributed by atoms with E-state index in [1.54, 1.807) is 25.1 Å². The number of hydrogen-bond acceptors (Lipinski definition) is 6. The van der Waals surface area contributed by atoms with Gasteiger partial charge in [0, 0.05) is 18.7 Å². The van der Waals surface area contributed by atoms with Gasteiger partial charge in [-0.1, -0.05) is 54.2 Å². The molecule has 0 unspecified atom stereocenters. The zero-order valence-corrected chi connectivity index (χ0v) is 19.3. The average molecular weight is 463 g/mol. The summed E-state index contributed by atoms with van der Waals surface area (Å²) in [5.41, 5.74) is 2.05. The fourth-order valence-electron chi connectivity index (χ4n) is 3.44. The predicted molar refractivity (Wildman–Crippen MR) is 129 cm³/mol. The number of para-hydroxylation sites is 2. The van der Waals surface area contributed by atoms with Crippen molar-refractivity contribution in [1.82, 2.24) is 20.1 Å². The number of nitrogens with one attached hydrogen (secondary N) is 1. The van der Waals surface area contributed by atoms with Crippen molar-refractivity contribution in [3.8, 4) is 23.0 Å². The SMILES string of the molecule is COc1ccccc1-n1c(SCCCC(=O)NCCc2ccccc2)nnc1-c1ccco1. The molecule has 0 aliphatic rings. The number of carbonyl (C=O) groups is 1. The Morgan fingerprint density at radius 3 is 2.67 bits per heavy atom. The van der Waals surface area contributed by atoms with Crippen LogP contribution >= 0.6 is 11.8 Å². The molecule has 2 aromatic carbocycles. The molecule has 2 aromatic heterocycles. The van der Waals surface area contributed by atoms with Crippen LogP contribution < -0.4 is 10.1 Å². The summed E-state index contributed by atoms with van der Waals surface area (Å²) < 4.78 is 13.1. The Morgan fingerprint density at radius 1 is 1.06 bits per heavy atom. The maximum absolute atomic E-state index is 12.2. The quantitative estimate of drug-likeness (QED) is 0.255. The lowest BCUT2D eigenvalue weighted by Gasteiger charge is -2.13. The molecule has 0 saturated heterocycles. The molecule has 0 aliphatic heterocycles. The monoisotopic (exact) mass is 462 g/mol. The van der Waals surface area contributed by atoms with Gasteiger partial charge in [-0.2, -0.15) is 0 Å². The Morgan fingerprint density at radius 2 is 1.88 bits per heavy atom. The number of hydrogen-bond donors (Lipinski definition) is 1. The highest BCUT2D eigenvalue weighted by Crippen LogP contribution is 2.32. The van der Waals surface area contributed by atoms with E-state index in [-0.39, 0.29) is 5.91 Å². The van der Waals surface area contributed by atoms with Crippen LogP contribution in [0.15, 0.2) is 82.6 Å². The van der Waals surface area contributed by atoms with Gasteiger partial charge >= 0.3 is 0 Å². The number of carbonyl (C=O) groups excluding carboxylic acids is 1. The maximum Gasteiger partial charge on any atom is 0.220 e. The summed E-state index contributed by atoms with van der Waals surface area (Å²) in [4.78, 5) is 12.2. The van der Waals surface area contributed by atoms with Crippen LogP contribution in [0.5, 0.6) is 5.75 Å². The van der Waals surface area contributed by atoms with Crippen molar-refractivity contribution in [2.45, 2.75) is 24.4 Å². The smallest absolute Gasteiger partial charge is 0.220 e. The Hall–Kier alpha value is -3.52. The van der Waals surface area contributed by atoms with Gasteiger partial charge in [0.05, 0.1) is 19.1 Å². The minimum absolute atomic E-state index is 0.0639. The third kappa shape index (κ3) is 5.84. The molecule has 4 aromatic rings. The minimum Gasteiger partial charge on any atom is -0.495 e. The largest absolute Gasteiger partial charge is 0.495 e. The second-order valence-electron chi connectivity index (χ2n) is 7.33. The van der Waals surface area contributed by atoms with Gasteiger partial charge in [-0.25, -0.2) is 0 Å². The summed E-state index contributed by atoms with van der Waals surface area (Å²) in [7, 11) is 1.64. The van der Waals surface area contributed by atoms with Crippen molar-refractivity contribution in [2.75, 3.05) is 19.4 Å². The molecule has 33 heavy (non-hydrogen) atoms. The van der Waals surface area contributed by atoms with Gasteiger partial charge in [0.1, 0.15) is 5.75 Å². The second-order valence-corrected chi connectivity index (χ2v) is 8.39. The van der Waals surface area contributed by atoms with Gasteiger partial charge < -0.3 is 14.5 Å².